The minimum Gasteiger partial charge on any atom is -0.311 e. The van der Waals surface area contributed by atoms with Crippen molar-refractivity contribution in [2.24, 2.45) is 7.05 Å². The summed E-state index contributed by atoms with van der Waals surface area (Å²) >= 11 is 0. The topological polar surface area (TPSA) is 67.2 Å². The Kier molecular flexibility index (Phi) is 4.27. The summed E-state index contributed by atoms with van der Waals surface area (Å²) in [5.41, 5.74) is 0. The van der Waals surface area contributed by atoms with Gasteiger partial charge in [0.05, 0.1) is 6.20 Å². The maximum atomic E-state index is 12.7. The molecule has 1 fully saturated rings. The predicted molar refractivity (Wildman–Crippen MR) is 73.3 cm³/mol. The molecule has 0 aromatic carbocycles. The third kappa shape index (κ3) is 2.82. The molecule has 1 aliphatic rings. The molecule has 1 N–H and O–H groups in total. The highest BCUT2D eigenvalue weighted by Gasteiger charge is 2.36. The lowest BCUT2D eigenvalue weighted by Gasteiger charge is -2.38. The zero-order chi connectivity index (χ0) is 14.0. The summed E-state index contributed by atoms with van der Waals surface area (Å²) in [6.45, 7) is 5.34. The van der Waals surface area contributed by atoms with Gasteiger partial charge in [0, 0.05) is 38.4 Å². The van der Waals surface area contributed by atoms with E-state index in [0.717, 1.165) is 12.8 Å². The minimum atomic E-state index is -3.44. The fourth-order valence-electron chi connectivity index (χ4n) is 2.42. The van der Waals surface area contributed by atoms with E-state index in [4.69, 9.17) is 0 Å². The number of aryl methyl sites for hydroxylation is 1. The molecular weight excluding hydrogens is 264 g/mol. The summed E-state index contributed by atoms with van der Waals surface area (Å²) in [5, 5.41) is 7.36. The van der Waals surface area contributed by atoms with E-state index in [9.17, 15) is 8.42 Å². The molecular formula is C12H22N4O2S. The predicted octanol–water partition coefficient (Wildman–Crippen LogP) is 0.571. The Bertz CT molecular complexity index is 526. The Morgan fingerprint density at radius 3 is 2.68 bits per heavy atom. The maximum Gasteiger partial charge on any atom is 0.246 e. The van der Waals surface area contributed by atoms with E-state index in [0.29, 0.717) is 13.1 Å². The molecule has 108 valence electrons. The highest BCUT2D eigenvalue weighted by molar-refractivity contribution is 7.89. The standard InChI is InChI=1S/C12H22N4O2S/c1-4-10-8-16(11(5-2)6-13-10)19(17,18)12-7-14-15(3)9-12/h7,9-11,13H,4-6,8H2,1-3H3. The Labute approximate surface area is 114 Å². The van der Waals surface area contributed by atoms with Crippen LogP contribution in [0.15, 0.2) is 17.3 Å². The van der Waals surface area contributed by atoms with Crippen molar-refractivity contribution in [3.63, 3.8) is 0 Å². The first kappa shape index (κ1) is 14.5. The Morgan fingerprint density at radius 1 is 1.42 bits per heavy atom. The van der Waals surface area contributed by atoms with Crippen LogP contribution in [0.25, 0.3) is 0 Å². The second-order valence-electron chi connectivity index (χ2n) is 5.00. The Balaban J connectivity index is 2.30. The Hall–Kier alpha value is -0.920. The van der Waals surface area contributed by atoms with Crippen LogP contribution in [0.2, 0.25) is 0 Å². The lowest BCUT2D eigenvalue weighted by atomic mass is 10.1. The van der Waals surface area contributed by atoms with Crippen molar-refractivity contribution in [3.05, 3.63) is 12.4 Å². The van der Waals surface area contributed by atoms with Crippen LogP contribution >= 0.6 is 0 Å². The zero-order valence-corrected chi connectivity index (χ0v) is 12.5. The zero-order valence-electron chi connectivity index (χ0n) is 11.7. The van der Waals surface area contributed by atoms with Gasteiger partial charge < -0.3 is 5.32 Å². The molecule has 2 heterocycles. The summed E-state index contributed by atoms with van der Waals surface area (Å²) in [5.74, 6) is 0. The van der Waals surface area contributed by atoms with Crippen molar-refractivity contribution in [2.75, 3.05) is 13.1 Å². The normalized spacial score (nSPS) is 25.6. The van der Waals surface area contributed by atoms with Gasteiger partial charge in [-0.05, 0) is 12.8 Å². The quantitative estimate of drug-likeness (QED) is 0.879. The summed E-state index contributed by atoms with van der Waals surface area (Å²) in [7, 11) is -1.71. The average Bonchev–Trinajstić information content (AvgIpc) is 2.85. The van der Waals surface area contributed by atoms with E-state index < -0.39 is 10.0 Å². The molecule has 7 heteroatoms. The Morgan fingerprint density at radius 2 is 2.16 bits per heavy atom. The molecule has 2 rings (SSSR count). The number of rotatable bonds is 4. The lowest BCUT2D eigenvalue weighted by Crippen LogP contribution is -2.57. The molecule has 0 radical (unpaired) electrons. The van der Waals surface area contributed by atoms with Crippen LogP contribution in [0.5, 0.6) is 0 Å². The molecule has 0 amide bonds. The van der Waals surface area contributed by atoms with Crippen molar-refractivity contribution in [2.45, 2.75) is 43.7 Å². The number of nitrogens with zero attached hydrogens (tertiary/aromatic N) is 3. The first-order chi connectivity index (χ1) is 8.98. The smallest absolute Gasteiger partial charge is 0.246 e. The average molecular weight is 286 g/mol. The van der Waals surface area contributed by atoms with Crippen molar-refractivity contribution < 1.29 is 8.42 Å². The number of aromatic nitrogens is 2. The molecule has 1 aromatic heterocycles. The summed E-state index contributed by atoms with van der Waals surface area (Å²) < 4.78 is 28.5. The number of piperazine rings is 1. The molecule has 0 saturated carbocycles. The maximum absolute atomic E-state index is 12.7. The second-order valence-corrected chi connectivity index (χ2v) is 6.89. The number of hydrogen-bond acceptors (Lipinski definition) is 4. The second kappa shape index (κ2) is 5.60. The van der Waals surface area contributed by atoms with Crippen LogP contribution in [0.4, 0.5) is 0 Å². The van der Waals surface area contributed by atoms with Gasteiger partial charge in [-0.25, -0.2) is 8.42 Å². The van der Waals surface area contributed by atoms with Crippen LogP contribution in [0.3, 0.4) is 0 Å². The van der Waals surface area contributed by atoms with Gasteiger partial charge in [-0.2, -0.15) is 9.40 Å². The molecule has 1 aliphatic heterocycles. The fraction of sp³-hybridized carbons (Fsp3) is 0.750. The number of nitrogens with one attached hydrogen (secondary N) is 1. The molecule has 0 bridgehead atoms. The molecule has 1 saturated heterocycles. The third-order valence-corrected chi connectivity index (χ3v) is 5.57. The molecule has 0 aliphatic carbocycles. The van der Waals surface area contributed by atoms with Crippen LogP contribution in [-0.4, -0.2) is 47.7 Å². The third-order valence-electron chi connectivity index (χ3n) is 3.70. The highest BCUT2D eigenvalue weighted by atomic mass is 32.2. The van der Waals surface area contributed by atoms with Gasteiger partial charge in [0.1, 0.15) is 4.90 Å². The van der Waals surface area contributed by atoms with Crippen molar-refractivity contribution in [1.82, 2.24) is 19.4 Å². The van der Waals surface area contributed by atoms with Crippen LogP contribution in [0.1, 0.15) is 26.7 Å². The highest BCUT2D eigenvalue weighted by Crippen LogP contribution is 2.22. The monoisotopic (exact) mass is 286 g/mol. The van der Waals surface area contributed by atoms with Crippen molar-refractivity contribution >= 4 is 10.0 Å². The van der Waals surface area contributed by atoms with E-state index in [2.05, 4.69) is 17.3 Å². The lowest BCUT2D eigenvalue weighted by molar-refractivity contribution is 0.215. The summed E-state index contributed by atoms with van der Waals surface area (Å²) in [4.78, 5) is 0.283. The largest absolute Gasteiger partial charge is 0.311 e. The van der Waals surface area contributed by atoms with Gasteiger partial charge in [0.15, 0.2) is 0 Å². The molecule has 2 unspecified atom stereocenters. The van der Waals surface area contributed by atoms with Gasteiger partial charge in [-0.3, -0.25) is 4.68 Å². The number of hydrogen-bond donors (Lipinski definition) is 1. The molecule has 19 heavy (non-hydrogen) atoms. The van der Waals surface area contributed by atoms with E-state index in [1.54, 1.807) is 17.5 Å². The van der Waals surface area contributed by atoms with Crippen molar-refractivity contribution in [1.29, 1.82) is 0 Å². The van der Waals surface area contributed by atoms with E-state index in [1.165, 1.54) is 10.9 Å². The number of sulfonamides is 1. The molecule has 6 nitrogen and oxygen atoms in total. The summed E-state index contributed by atoms with van der Waals surface area (Å²) in [6.07, 6.45) is 4.72. The van der Waals surface area contributed by atoms with E-state index >= 15 is 0 Å². The van der Waals surface area contributed by atoms with Crippen LogP contribution in [0, 0.1) is 0 Å². The molecule has 0 spiro atoms. The van der Waals surface area contributed by atoms with Gasteiger partial charge in [-0.1, -0.05) is 13.8 Å². The van der Waals surface area contributed by atoms with Gasteiger partial charge >= 0.3 is 0 Å². The fourth-order valence-corrected chi connectivity index (χ4v) is 4.15. The van der Waals surface area contributed by atoms with Gasteiger partial charge in [0.25, 0.3) is 0 Å². The van der Waals surface area contributed by atoms with Gasteiger partial charge in [0.2, 0.25) is 10.0 Å². The van der Waals surface area contributed by atoms with E-state index in [-0.39, 0.29) is 17.0 Å². The van der Waals surface area contributed by atoms with Gasteiger partial charge in [-0.15, -0.1) is 0 Å². The van der Waals surface area contributed by atoms with E-state index in [1.807, 2.05) is 6.92 Å². The van der Waals surface area contributed by atoms with Crippen molar-refractivity contribution in [3.8, 4) is 0 Å². The SMILES string of the molecule is CCC1CN(S(=O)(=O)c2cnn(C)c2)C(CC)CN1. The molecule has 2 atom stereocenters. The minimum absolute atomic E-state index is 0.0213. The first-order valence-corrected chi connectivity index (χ1v) is 8.16. The van der Waals surface area contributed by atoms with Crippen LogP contribution in [-0.2, 0) is 17.1 Å². The first-order valence-electron chi connectivity index (χ1n) is 6.72. The van der Waals surface area contributed by atoms with Crippen LogP contribution < -0.4 is 5.32 Å². The molecule has 1 aromatic rings. The summed E-state index contributed by atoms with van der Waals surface area (Å²) in [6, 6.07) is 0.252.